The van der Waals surface area contributed by atoms with Gasteiger partial charge in [-0.2, -0.15) is 4.31 Å². The summed E-state index contributed by atoms with van der Waals surface area (Å²) in [6.45, 7) is 3.12. The number of nitrogens with zero attached hydrogens (tertiary/aromatic N) is 1. The van der Waals surface area contributed by atoms with Crippen molar-refractivity contribution in [2.45, 2.75) is 117 Å². The summed E-state index contributed by atoms with van der Waals surface area (Å²) in [5.74, 6) is -0.539. The van der Waals surface area contributed by atoms with Crippen LogP contribution in [-0.4, -0.2) is 84.1 Å². The van der Waals surface area contributed by atoms with E-state index in [1.54, 1.807) is 4.31 Å². The van der Waals surface area contributed by atoms with Crippen LogP contribution in [-0.2, 0) is 24.3 Å². The number of hydrogen-bond acceptors (Lipinski definition) is 5. The zero-order valence-electron chi connectivity index (χ0n) is 20.4. The molecule has 1 aliphatic heterocycles. The molecular formula is C24H39Cl3N2O5S. The minimum absolute atomic E-state index is 0.0511. The molecule has 0 bridgehead atoms. The highest BCUT2D eigenvalue weighted by Gasteiger charge is 2.49. The molecule has 1 heterocycles. The number of nitrogens with one attached hydrogen (secondary N) is 1. The number of fused-ring (bicyclic) bond motifs is 1. The van der Waals surface area contributed by atoms with E-state index in [1.165, 1.54) is 0 Å². The van der Waals surface area contributed by atoms with Crippen molar-refractivity contribution in [1.82, 2.24) is 9.62 Å². The molecule has 0 aromatic carbocycles. The number of hydrogen-bond donors (Lipinski definition) is 1. The predicted molar refractivity (Wildman–Crippen MR) is 139 cm³/mol. The van der Waals surface area contributed by atoms with E-state index < -0.39 is 21.2 Å². The second-order valence-corrected chi connectivity index (χ2v) is 14.4. The Morgan fingerprint density at radius 2 is 1.71 bits per heavy atom. The molecule has 0 radical (unpaired) electrons. The average molecular weight is 574 g/mol. The fourth-order valence-electron chi connectivity index (χ4n) is 6.20. The largest absolute Gasteiger partial charge is 0.379 e. The number of carbonyl (C=O) groups excluding carboxylic acids is 1. The smallest absolute Gasteiger partial charge is 0.226 e. The Kier molecular flexibility index (Phi) is 9.95. The van der Waals surface area contributed by atoms with Gasteiger partial charge in [-0.15, -0.1) is 34.8 Å². The number of rotatable bonds is 7. The predicted octanol–water partition coefficient (Wildman–Crippen LogP) is 4.02. The number of morpholine rings is 1. The second kappa shape index (κ2) is 12.4. The van der Waals surface area contributed by atoms with Gasteiger partial charge < -0.3 is 14.8 Å². The monoisotopic (exact) mass is 572 g/mol. The van der Waals surface area contributed by atoms with Crippen molar-refractivity contribution in [2.24, 2.45) is 5.92 Å². The number of amides is 1. The molecule has 4 fully saturated rings. The molecule has 7 nitrogen and oxygen atoms in total. The van der Waals surface area contributed by atoms with Gasteiger partial charge in [0.2, 0.25) is 15.9 Å². The van der Waals surface area contributed by atoms with Gasteiger partial charge in [0.05, 0.1) is 36.0 Å². The van der Waals surface area contributed by atoms with Crippen LogP contribution in [0.15, 0.2) is 0 Å². The third-order valence-corrected chi connectivity index (χ3v) is 11.9. The van der Waals surface area contributed by atoms with Gasteiger partial charge in [-0.1, -0.05) is 6.42 Å². The summed E-state index contributed by atoms with van der Waals surface area (Å²) in [6, 6.07) is -0.447. The lowest BCUT2D eigenvalue weighted by Gasteiger charge is -2.49. The molecule has 1 N–H and O–H groups in total. The first-order valence-corrected chi connectivity index (χ1v) is 16.0. The highest BCUT2D eigenvalue weighted by atomic mass is 35.5. The number of ether oxygens (including phenoxy) is 2. The Bertz CT molecular complexity index is 816. The Labute approximate surface area is 224 Å². The van der Waals surface area contributed by atoms with Gasteiger partial charge in [-0.05, 0) is 64.7 Å². The van der Waals surface area contributed by atoms with Crippen molar-refractivity contribution < 1.29 is 22.7 Å². The van der Waals surface area contributed by atoms with E-state index in [9.17, 15) is 13.2 Å². The van der Waals surface area contributed by atoms with Gasteiger partial charge in [-0.3, -0.25) is 4.79 Å². The van der Waals surface area contributed by atoms with Crippen molar-refractivity contribution in [3.63, 3.8) is 0 Å². The van der Waals surface area contributed by atoms with Crippen molar-refractivity contribution >= 4 is 50.7 Å². The molecule has 0 aromatic rings. The van der Waals surface area contributed by atoms with E-state index in [0.717, 1.165) is 25.7 Å². The summed E-state index contributed by atoms with van der Waals surface area (Å²) in [5, 5.41) is 2.25. The number of carbonyl (C=O) groups is 1. The van der Waals surface area contributed by atoms with Crippen LogP contribution in [0.2, 0.25) is 0 Å². The zero-order valence-corrected chi connectivity index (χ0v) is 23.5. The maximum Gasteiger partial charge on any atom is 0.226 e. The molecular weight excluding hydrogens is 535 g/mol. The molecule has 6 unspecified atom stereocenters. The Morgan fingerprint density at radius 1 is 1.03 bits per heavy atom. The van der Waals surface area contributed by atoms with E-state index in [0.29, 0.717) is 51.7 Å². The Balaban J connectivity index is 1.48. The van der Waals surface area contributed by atoms with Crippen molar-refractivity contribution in [1.29, 1.82) is 0 Å². The van der Waals surface area contributed by atoms with Gasteiger partial charge in [0, 0.05) is 35.3 Å². The first kappa shape index (κ1) is 28.2. The molecule has 3 saturated carbocycles. The first-order valence-electron chi connectivity index (χ1n) is 13.2. The molecule has 202 valence electrons. The minimum atomic E-state index is -3.54. The van der Waals surface area contributed by atoms with Crippen LogP contribution in [0.3, 0.4) is 0 Å². The number of sulfonamides is 1. The van der Waals surface area contributed by atoms with Crippen LogP contribution in [0, 0.1) is 5.92 Å². The lowest BCUT2D eigenvalue weighted by Crippen LogP contribution is -2.63. The van der Waals surface area contributed by atoms with Crippen LogP contribution in [0.4, 0.5) is 0 Å². The molecule has 1 saturated heterocycles. The summed E-state index contributed by atoms with van der Waals surface area (Å²) < 4.78 is 41.3. The minimum Gasteiger partial charge on any atom is -0.379 e. The third kappa shape index (κ3) is 6.61. The maximum atomic E-state index is 13.8. The van der Waals surface area contributed by atoms with E-state index in [1.807, 2.05) is 6.92 Å². The summed E-state index contributed by atoms with van der Waals surface area (Å²) >= 11 is 19.2. The van der Waals surface area contributed by atoms with E-state index in [4.69, 9.17) is 44.3 Å². The highest BCUT2D eigenvalue weighted by molar-refractivity contribution is 7.89. The maximum absolute atomic E-state index is 13.8. The fraction of sp³-hybridized carbons (Fsp3) is 0.958. The van der Waals surface area contributed by atoms with Crippen LogP contribution in [0.1, 0.15) is 71.1 Å². The molecule has 1 amide bonds. The molecule has 6 atom stereocenters. The zero-order chi connectivity index (χ0) is 25.2. The number of halogens is 3. The second-order valence-electron chi connectivity index (χ2n) is 10.5. The molecule has 11 heteroatoms. The molecule has 3 aliphatic carbocycles. The Morgan fingerprint density at radius 3 is 2.37 bits per heavy atom. The van der Waals surface area contributed by atoms with Crippen LogP contribution in [0.25, 0.3) is 0 Å². The molecule has 4 rings (SSSR count). The summed E-state index contributed by atoms with van der Waals surface area (Å²) in [5.41, 5.74) is 0. The third-order valence-electron chi connectivity index (χ3n) is 8.12. The van der Waals surface area contributed by atoms with Crippen LogP contribution >= 0.6 is 34.8 Å². The molecule has 35 heavy (non-hydrogen) atoms. The summed E-state index contributed by atoms with van der Waals surface area (Å²) in [7, 11) is -3.54. The van der Waals surface area contributed by atoms with E-state index >= 15 is 0 Å². The van der Waals surface area contributed by atoms with E-state index in [-0.39, 0.29) is 52.9 Å². The van der Waals surface area contributed by atoms with Crippen molar-refractivity contribution in [2.75, 3.05) is 19.8 Å². The topological polar surface area (TPSA) is 84.9 Å². The highest BCUT2D eigenvalue weighted by Crippen LogP contribution is 2.38. The molecule has 0 spiro atoms. The standard InChI is InChI=1S/C24H39Cl3N2O5S/c1-2-33-14-17-13-29(35(31,32)18-9-6-15(25)7-10-18)21-12-16(8-11-22(21)34-17)28-24(30)23-19(26)4-3-5-20(23)27/h15-23H,2-14H2,1H3,(H,28,30). The molecule has 4 aliphatic rings. The fourth-order valence-corrected chi connectivity index (χ4v) is 9.64. The van der Waals surface area contributed by atoms with Gasteiger partial charge in [0.25, 0.3) is 0 Å². The first-order chi connectivity index (χ1) is 16.7. The molecule has 0 aromatic heterocycles. The van der Waals surface area contributed by atoms with Crippen LogP contribution < -0.4 is 5.32 Å². The average Bonchev–Trinajstić information content (AvgIpc) is 2.82. The Hall–Kier alpha value is 0.170. The van der Waals surface area contributed by atoms with Gasteiger partial charge in [0.1, 0.15) is 0 Å². The van der Waals surface area contributed by atoms with Crippen molar-refractivity contribution in [3.8, 4) is 0 Å². The summed E-state index contributed by atoms with van der Waals surface area (Å²) in [4.78, 5) is 13.1. The lowest BCUT2D eigenvalue weighted by atomic mass is 9.84. The van der Waals surface area contributed by atoms with Crippen molar-refractivity contribution in [3.05, 3.63) is 0 Å². The van der Waals surface area contributed by atoms with E-state index in [2.05, 4.69) is 5.32 Å². The van der Waals surface area contributed by atoms with Gasteiger partial charge in [0.15, 0.2) is 0 Å². The number of alkyl halides is 3. The lowest BCUT2D eigenvalue weighted by molar-refractivity contribution is -0.138. The SMILES string of the molecule is CCOCC1CN(S(=O)(=O)C2CCC(Cl)CC2)C2CC(NC(=O)C3C(Cl)CCCC3Cl)CCC2O1. The quantitative estimate of drug-likeness (QED) is 0.465. The van der Waals surface area contributed by atoms with Gasteiger partial charge >= 0.3 is 0 Å². The van der Waals surface area contributed by atoms with Gasteiger partial charge in [-0.25, -0.2) is 8.42 Å². The normalized spacial score (nSPS) is 41.2. The summed E-state index contributed by atoms with van der Waals surface area (Å²) in [6.07, 6.45) is 6.51. The van der Waals surface area contributed by atoms with Crippen LogP contribution in [0.5, 0.6) is 0 Å².